The molecular formula is C21H37N5O4. The van der Waals surface area contributed by atoms with Crippen LogP contribution >= 0.6 is 0 Å². The molecule has 0 radical (unpaired) electrons. The minimum Gasteiger partial charge on any atom is -0.355 e. The molecule has 30 heavy (non-hydrogen) atoms. The fraction of sp³-hybridized carbons (Fsp3) is 0.810. The van der Waals surface area contributed by atoms with E-state index >= 15 is 0 Å². The number of likely N-dealkylation sites (N-methyl/N-ethyl adjacent to an activating group) is 2. The number of carbonyl (C=O) groups is 4. The molecule has 2 aliphatic heterocycles. The minimum absolute atomic E-state index is 0.0281. The molecule has 0 saturated carbocycles. The highest BCUT2D eigenvalue weighted by Gasteiger charge is 2.41. The standard InChI is InChI=1S/C21H37N5O4/c1-5-23-20(29)16-8-7-11-26(16)21(30)17-9-6-10-25(17)13-18(15(2)3)24(4)19(28)12-22-14-27/h14-18H,5-13H2,1-4H3,(H,22,27)(H,23,29)/t16?,17-,18+/m0/s1. The Hall–Kier alpha value is -2.16. The molecule has 3 atom stereocenters. The van der Waals surface area contributed by atoms with Gasteiger partial charge in [0.1, 0.15) is 6.04 Å². The molecule has 2 fully saturated rings. The van der Waals surface area contributed by atoms with Gasteiger partial charge in [0, 0.05) is 32.7 Å². The highest BCUT2D eigenvalue weighted by Crippen LogP contribution is 2.26. The summed E-state index contributed by atoms with van der Waals surface area (Å²) < 4.78 is 0. The van der Waals surface area contributed by atoms with E-state index in [-0.39, 0.29) is 48.3 Å². The number of carbonyl (C=O) groups excluding carboxylic acids is 4. The first-order valence-corrected chi connectivity index (χ1v) is 11.1. The number of amides is 4. The topological polar surface area (TPSA) is 102 Å². The molecule has 4 amide bonds. The Bertz CT molecular complexity index is 627. The zero-order valence-corrected chi connectivity index (χ0v) is 18.7. The maximum Gasteiger partial charge on any atom is 0.242 e. The van der Waals surface area contributed by atoms with Gasteiger partial charge in [-0.2, -0.15) is 0 Å². The van der Waals surface area contributed by atoms with Crippen LogP contribution in [0, 0.1) is 5.92 Å². The number of likely N-dealkylation sites (tertiary alicyclic amines) is 2. The zero-order chi connectivity index (χ0) is 22.3. The molecule has 0 bridgehead atoms. The van der Waals surface area contributed by atoms with Crippen molar-refractivity contribution in [1.82, 2.24) is 25.3 Å². The van der Waals surface area contributed by atoms with Crippen LogP contribution in [0.4, 0.5) is 0 Å². The van der Waals surface area contributed by atoms with Crippen molar-refractivity contribution in [2.45, 2.75) is 64.6 Å². The third-order valence-corrected chi connectivity index (χ3v) is 6.26. The minimum atomic E-state index is -0.375. The summed E-state index contributed by atoms with van der Waals surface area (Å²) in [5.41, 5.74) is 0. The second kappa shape index (κ2) is 11.3. The second-order valence-corrected chi connectivity index (χ2v) is 8.55. The largest absolute Gasteiger partial charge is 0.355 e. The number of rotatable bonds is 10. The van der Waals surface area contributed by atoms with Crippen LogP contribution in [0.1, 0.15) is 46.5 Å². The molecule has 2 heterocycles. The van der Waals surface area contributed by atoms with E-state index in [1.165, 1.54) is 0 Å². The van der Waals surface area contributed by atoms with Gasteiger partial charge in [-0.25, -0.2) is 0 Å². The number of nitrogens with one attached hydrogen (secondary N) is 2. The first-order valence-electron chi connectivity index (χ1n) is 11.1. The van der Waals surface area contributed by atoms with Crippen LogP contribution in [0.15, 0.2) is 0 Å². The molecule has 2 N–H and O–H groups in total. The van der Waals surface area contributed by atoms with E-state index in [2.05, 4.69) is 29.4 Å². The molecule has 9 nitrogen and oxygen atoms in total. The van der Waals surface area contributed by atoms with Gasteiger partial charge >= 0.3 is 0 Å². The van der Waals surface area contributed by atoms with E-state index in [1.807, 2.05) is 6.92 Å². The van der Waals surface area contributed by atoms with Gasteiger partial charge in [-0.3, -0.25) is 24.1 Å². The fourth-order valence-corrected chi connectivity index (χ4v) is 4.57. The third kappa shape index (κ3) is 5.71. The quantitative estimate of drug-likeness (QED) is 0.474. The lowest BCUT2D eigenvalue weighted by Gasteiger charge is -2.37. The van der Waals surface area contributed by atoms with Gasteiger partial charge in [0.2, 0.25) is 24.1 Å². The van der Waals surface area contributed by atoms with Crippen LogP contribution in [-0.4, -0.2) is 96.7 Å². The Morgan fingerprint density at radius 3 is 2.43 bits per heavy atom. The van der Waals surface area contributed by atoms with Crippen molar-refractivity contribution < 1.29 is 19.2 Å². The van der Waals surface area contributed by atoms with Gasteiger partial charge in [-0.15, -0.1) is 0 Å². The van der Waals surface area contributed by atoms with Crippen molar-refractivity contribution in [1.29, 1.82) is 0 Å². The van der Waals surface area contributed by atoms with Crippen molar-refractivity contribution >= 4 is 24.1 Å². The van der Waals surface area contributed by atoms with Crippen molar-refractivity contribution in [3.05, 3.63) is 0 Å². The van der Waals surface area contributed by atoms with Crippen LogP contribution in [-0.2, 0) is 19.2 Å². The highest BCUT2D eigenvalue weighted by molar-refractivity contribution is 5.90. The van der Waals surface area contributed by atoms with Crippen LogP contribution < -0.4 is 10.6 Å². The van der Waals surface area contributed by atoms with Crippen LogP contribution in [0.5, 0.6) is 0 Å². The lowest BCUT2D eigenvalue weighted by Crippen LogP contribution is -2.55. The van der Waals surface area contributed by atoms with Gasteiger partial charge in [0.15, 0.2) is 0 Å². The highest BCUT2D eigenvalue weighted by atomic mass is 16.2. The van der Waals surface area contributed by atoms with Crippen LogP contribution in [0.3, 0.4) is 0 Å². The molecule has 0 aromatic heterocycles. The maximum absolute atomic E-state index is 13.3. The fourth-order valence-electron chi connectivity index (χ4n) is 4.57. The Morgan fingerprint density at radius 1 is 1.13 bits per heavy atom. The molecule has 2 saturated heterocycles. The second-order valence-electron chi connectivity index (χ2n) is 8.55. The predicted octanol–water partition coefficient (Wildman–Crippen LogP) is -0.193. The Labute approximate surface area is 179 Å². The van der Waals surface area contributed by atoms with Crippen molar-refractivity contribution in [3.63, 3.8) is 0 Å². The van der Waals surface area contributed by atoms with Gasteiger partial charge in [-0.1, -0.05) is 13.8 Å². The van der Waals surface area contributed by atoms with Crippen molar-refractivity contribution in [2.24, 2.45) is 5.92 Å². The first kappa shape index (κ1) is 24.1. The van der Waals surface area contributed by atoms with Gasteiger partial charge < -0.3 is 20.4 Å². The summed E-state index contributed by atoms with van der Waals surface area (Å²) in [5.74, 6) is 0.00133. The summed E-state index contributed by atoms with van der Waals surface area (Å²) in [4.78, 5) is 54.2. The summed E-state index contributed by atoms with van der Waals surface area (Å²) in [6.07, 6.45) is 3.76. The number of hydrogen-bond acceptors (Lipinski definition) is 5. The molecule has 0 aromatic carbocycles. The Morgan fingerprint density at radius 2 is 1.80 bits per heavy atom. The summed E-state index contributed by atoms with van der Waals surface area (Å²) in [5, 5.41) is 5.27. The van der Waals surface area contributed by atoms with E-state index in [9.17, 15) is 19.2 Å². The monoisotopic (exact) mass is 423 g/mol. The molecule has 0 spiro atoms. The van der Waals surface area contributed by atoms with Crippen molar-refractivity contribution in [3.8, 4) is 0 Å². The summed E-state index contributed by atoms with van der Waals surface area (Å²) in [6.45, 7) is 8.53. The molecular weight excluding hydrogens is 386 g/mol. The van der Waals surface area contributed by atoms with Gasteiger partial charge in [0.05, 0.1) is 12.6 Å². The summed E-state index contributed by atoms with van der Waals surface area (Å²) in [6, 6.07) is -0.700. The Balaban J connectivity index is 2.07. The van der Waals surface area contributed by atoms with Crippen LogP contribution in [0.2, 0.25) is 0 Å². The molecule has 0 aromatic rings. The van der Waals surface area contributed by atoms with Crippen molar-refractivity contribution in [2.75, 3.05) is 39.8 Å². The summed E-state index contributed by atoms with van der Waals surface area (Å²) in [7, 11) is 1.75. The average Bonchev–Trinajstić information content (AvgIpc) is 3.38. The predicted molar refractivity (Wildman–Crippen MR) is 113 cm³/mol. The molecule has 0 aliphatic carbocycles. The average molecular weight is 424 g/mol. The molecule has 2 rings (SSSR count). The van der Waals surface area contributed by atoms with E-state index in [4.69, 9.17) is 0 Å². The smallest absolute Gasteiger partial charge is 0.242 e. The van der Waals surface area contributed by atoms with Gasteiger partial charge in [0.25, 0.3) is 0 Å². The Kier molecular flexibility index (Phi) is 9.08. The molecule has 2 aliphatic rings. The molecule has 9 heteroatoms. The van der Waals surface area contributed by atoms with Crippen LogP contribution in [0.25, 0.3) is 0 Å². The lowest BCUT2D eigenvalue weighted by atomic mass is 10.0. The molecule has 170 valence electrons. The summed E-state index contributed by atoms with van der Waals surface area (Å²) >= 11 is 0. The number of nitrogens with zero attached hydrogens (tertiary/aromatic N) is 3. The maximum atomic E-state index is 13.3. The van der Waals surface area contributed by atoms with E-state index in [0.717, 1.165) is 25.8 Å². The lowest BCUT2D eigenvalue weighted by molar-refractivity contribution is -0.142. The first-order chi connectivity index (χ1) is 14.3. The van der Waals surface area contributed by atoms with Gasteiger partial charge in [-0.05, 0) is 45.1 Å². The van der Waals surface area contributed by atoms with E-state index in [1.54, 1.807) is 16.8 Å². The zero-order valence-electron chi connectivity index (χ0n) is 18.7. The normalized spacial score (nSPS) is 22.8. The third-order valence-electron chi connectivity index (χ3n) is 6.26. The van der Waals surface area contributed by atoms with E-state index < -0.39 is 0 Å². The number of hydrogen-bond donors (Lipinski definition) is 2. The SMILES string of the molecule is CCNC(=O)C1CCCN1C(=O)[C@@H]1CCCN1C[C@H](C(C)C)N(C)C(=O)CNC=O. The van der Waals surface area contributed by atoms with E-state index in [0.29, 0.717) is 32.5 Å². The molecule has 1 unspecified atom stereocenters.